The van der Waals surface area contributed by atoms with Crippen molar-refractivity contribution in [2.75, 3.05) is 6.61 Å². The smallest absolute Gasteiger partial charge is 0.236 e. The Bertz CT molecular complexity index is 419. The van der Waals surface area contributed by atoms with Crippen LogP contribution in [0, 0.1) is 11.3 Å². The summed E-state index contributed by atoms with van der Waals surface area (Å²) in [6.07, 6.45) is 1.24. The molecule has 0 aliphatic carbocycles. The first-order valence-corrected chi connectivity index (χ1v) is 4.99. The van der Waals surface area contributed by atoms with Gasteiger partial charge in [-0.25, -0.2) is 0 Å². The van der Waals surface area contributed by atoms with Crippen molar-refractivity contribution in [3.8, 4) is 6.07 Å². The maximum absolute atomic E-state index is 12.1. The van der Waals surface area contributed by atoms with Crippen molar-refractivity contribution in [3.05, 3.63) is 48.6 Å². The molecule has 1 atom stereocenters. The Hall–Kier alpha value is -1.92. The van der Waals surface area contributed by atoms with Gasteiger partial charge in [0, 0.05) is 12.2 Å². The van der Waals surface area contributed by atoms with E-state index in [-0.39, 0.29) is 12.4 Å². The Morgan fingerprint density at radius 2 is 2.19 bits per heavy atom. The quantitative estimate of drug-likeness (QED) is 0.559. The van der Waals surface area contributed by atoms with Gasteiger partial charge in [0.05, 0.1) is 0 Å². The van der Waals surface area contributed by atoms with Crippen LogP contribution in [-0.4, -0.2) is 18.0 Å². The predicted octanol–water partition coefficient (Wildman–Crippen LogP) is 2.35. The minimum atomic E-state index is -1.57. The number of hydrogen-bond donors (Lipinski definition) is 0. The summed E-state index contributed by atoms with van der Waals surface area (Å²) in [5, 5.41) is 9.07. The Morgan fingerprint density at radius 3 is 2.62 bits per heavy atom. The molecule has 0 saturated heterocycles. The normalized spacial score (nSPS) is 13.5. The summed E-state index contributed by atoms with van der Waals surface area (Å²) >= 11 is 0. The zero-order valence-corrected chi connectivity index (χ0v) is 9.14. The average Bonchev–Trinajstić information content (AvgIpc) is 2.36. The summed E-state index contributed by atoms with van der Waals surface area (Å²) in [5.74, 6) is -0.382. The van der Waals surface area contributed by atoms with E-state index in [1.807, 2.05) is 6.07 Å². The SMILES string of the molecule is C=CC(C#N)(OCC)C(=O)c1ccccc1. The first-order chi connectivity index (χ1) is 7.70. The van der Waals surface area contributed by atoms with Crippen molar-refractivity contribution >= 4 is 5.78 Å². The standard InChI is InChI=1S/C13H13NO2/c1-3-13(10-14,16-4-2)12(15)11-8-6-5-7-9-11/h3,5-9H,1,4H2,2H3. The van der Waals surface area contributed by atoms with Crippen LogP contribution in [0.4, 0.5) is 0 Å². The molecule has 0 fully saturated rings. The monoisotopic (exact) mass is 215 g/mol. The first-order valence-electron chi connectivity index (χ1n) is 4.99. The van der Waals surface area contributed by atoms with E-state index in [4.69, 9.17) is 10.00 Å². The third-order valence-electron chi connectivity index (χ3n) is 2.20. The Kier molecular flexibility index (Phi) is 3.98. The molecule has 0 spiro atoms. The lowest BCUT2D eigenvalue weighted by molar-refractivity contribution is 0.0346. The van der Waals surface area contributed by atoms with Crippen molar-refractivity contribution in [3.63, 3.8) is 0 Å². The molecule has 0 saturated carbocycles. The summed E-state index contributed by atoms with van der Waals surface area (Å²) in [5.41, 5.74) is -1.13. The second kappa shape index (κ2) is 5.24. The van der Waals surface area contributed by atoms with Gasteiger partial charge in [-0.15, -0.1) is 0 Å². The van der Waals surface area contributed by atoms with Gasteiger partial charge in [-0.1, -0.05) is 36.9 Å². The van der Waals surface area contributed by atoms with Crippen LogP contribution in [0.1, 0.15) is 17.3 Å². The summed E-state index contributed by atoms with van der Waals surface area (Å²) in [4.78, 5) is 12.1. The molecule has 0 radical (unpaired) electrons. The molecule has 16 heavy (non-hydrogen) atoms. The maximum atomic E-state index is 12.1. The maximum Gasteiger partial charge on any atom is 0.236 e. The first kappa shape index (κ1) is 12.2. The zero-order valence-electron chi connectivity index (χ0n) is 9.14. The number of carbonyl (C=O) groups is 1. The van der Waals surface area contributed by atoms with Crippen molar-refractivity contribution in [1.82, 2.24) is 0 Å². The van der Waals surface area contributed by atoms with E-state index in [0.29, 0.717) is 5.56 Å². The van der Waals surface area contributed by atoms with E-state index in [0.717, 1.165) is 0 Å². The number of nitriles is 1. The number of rotatable bonds is 5. The predicted molar refractivity (Wildman–Crippen MR) is 60.9 cm³/mol. The van der Waals surface area contributed by atoms with E-state index in [1.54, 1.807) is 37.3 Å². The highest BCUT2D eigenvalue weighted by Gasteiger charge is 2.36. The van der Waals surface area contributed by atoms with Crippen LogP contribution in [0.15, 0.2) is 43.0 Å². The van der Waals surface area contributed by atoms with Gasteiger partial charge in [0.1, 0.15) is 6.07 Å². The number of hydrogen-bond acceptors (Lipinski definition) is 3. The van der Waals surface area contributed by atoms with Gasteiger partial charge in [-0.3, -0.25) is 4.79 Å². The molecule has 0 aliphatic rings. The highest BCUT2D eigenvalue weighted by molar-refractivity contribution is 6.05. The molecule has 0 amide bonds. The largest absolute Gasteiger partial charge is 0.350 e. The zero-order chi connectivity index (χ0) is 12.0. The van der Waals surface area contributed by atoms with Crippen molar-refractivity contribution in [2.24, 2.45) is 0 Å². The Morgan fingerprint density at radius 1 is 1.56 bits per heavy atom. The van der Waals surface area contributed by atoms with E-state index < -0.39 is 5.60 Å². The van der Waals surface area contributed by atoms with Gasteiger partial charge in [-0.05, 0) is 13.0 Å². The van der Waals surface area contributed by atoms with Crippen LogP contribution in [0.25, 0.3) is 0 Å². The summed E-state index contributed by atoms with van der Waals surface area (Å²) in [6, 6.07) is 10.5. The molecule has 1 rings (SSSR count). The van der Waals surface area contributed by atoms with E-state index in [1.165, 1.54) is 6.08 Å². The molecule has 0 aliphatic heterocycles. The van der Waals surface area contributed by atoms with Gasteiger partial charge in [0.2, 0.25) is 11.4 Å². The molecule has 82 valence electrons. The van der Waals surface area contributed by atoms with Crippen LogP contribution in [0.3, 0.4) is 0 Å². The summed E-state index contributed by atoms with van der Waals surface area (Å²) in [6.45, 7) is 5.51. The third-order valence-corrected chi connectivity index (χ3v) is 2.20. The lowest BCUT2D eigenvalue weighted by Crippen LogP contribution is -2.38. The Labute approximate surface area is 95.0 Å². The fourth-order valence-electron chi connectivity index (χ4n) is 1.38. The summed E-state index contributed by atoms with van der Waals surface area (Å²) < 4.78 is 5.22. The van der Waals surface area contributed by atoms with E-state index in [9.17, 15) is 4.79 Å². The van der Waals surface area contributed by atoms with Crippen LogP contribution < -0.4 is 0 Å². The fraction of sp³-hybridized carbons (Fsp3) is 0.231. The van der Waals surface area contributed by atoms with Crippen LogP contribution in [-0.2, 0) is 4.74 Å². The summed E-state index contributed by atoms with van der Waals surface area (Å²) in [7, 11) is 0. The molecule has 0 aromatic heterocycles. The van der Waals surface area contributed by atoms with Crippen LogP contribution >= 0.6 is 0 Å². The number of Topliss-reactive ketones (excluding diaryl/α,β-unsaturated/α-hetero) is 1. The van der Waals surface area contributed by atoms with Gasteiger partial charge < -0.3 is 4.74 Å². The lowest BCUT2D eigenvalue weighted by atomic mass is 9.94. The number of ketones is 1. The highest BCUT2D eigenvalue weighted by atomic mass is 16.5. The molecular formula is C13H13NO2. The lowest BCUT2D eigenvalue weighted by Gasteiger charge is -2.20. The fourth-order valence-corrected chi connectivity index (χ4v) is 1.38. The highest BCUT2D eigenvalue weighted by Crippen LogP contribution is 2.18. The number of carbonyl (C=O) groups excluding carboxylic acids is 1. The van der Waals surface area contributed by atoms with Gasteiger partial charge >= 0.3 is 0 Å². The molecule has 1 unspecified atom stereocenters. The van der Waals surface area contributed by atoms with Gasteiger partial charge in [0.25, 0.3) is 0 Å². The molecule has 3 nitrogen and oxygen atoms in total. The molecule has 0 heterocycles. The van der Waals surface area contributed by atoms with Crippen molar-refractivity contribution in [2.45, 2.75) is 12.5 Å². The minimum absolute atomic E-state index is 0.276. The van der Waals surface area contributed by atoms with Crippen LogP contribution in [0.5, 0.6) is 0 Å². The van der Waals surface area contributed by atoms with Gasteiger partial charge in [-0.2, -0.15) is 5.26 Å². The van der Waals surface area contributed by atoms with Crippen molar-refractivity contribution < 1.29 is 9.53 Å². The molecule has 3 heteroatoms. The molecular weight excluding hydrogens is 202 g/mol. The van der Waals surface area contributed by atoms with Crippen LogP contribution in [0.2, 0.25) is 0 Å². The second-order valence-electron chi connectivity index (χ2n) is 3.18. The molecule has 1 aromatic carbocycles. The molecule has 0 bridgehead atoms. The number of ether oxygens (including phenoxy) is 1. The Balaban J connectivity index is 3.11. The third kappa shape index (κ3) is 2.18. The minimum Gasteiger partial charge on any atom is -0.350 e. The van der Waals surface area contributed by atoms with Gasteiger partial charge in [0.15, 0.2) is 0 Å². The second-order valence-corrected chi connectivity index (χ2v) is 3.18. The molecule has 0 N–H and O–H groups in total. The van der Waals surface area contributed by atoms with Crippen molar-refractivity contribution in [1.29, 1.82) is 5.26 Å². The number of nitrogens with zero attached hydrogens (tertiary/aromatic N) is 1. The average molecular weight is 215 g/mol. The van der Waals surface area contributed by atoms with E-state index >= 15 is 0 Å². The topological polar surface area (TPSA) is 50.1 Å². The number of benzene rings is 1. The van der Waals surface area contributed by atoms with E-state index in [2.05, 4.69) is 6.58 Å². The molecule has 1 aromatic rings.